The number of hydrogen-bond donors (Lipinski definition) is 0. The van der Waals surface area contributed by atoms with Crippen LogP contribution in [0.2, 0.25) is 0 Å². The van der Waals surface area contributed by atoms with Gasteiger partial charge in [-0.25, -0.2) is 0 Å². The molecular formula is C39H41F3N2O2. The van der Waals surface area contributed by atoms with Gasteiger partial charge in [0.1, 0.15) is 5.78 Å². The fourth-order valence-electron chi connectivity index (χ4n) is 6.17. The standard InChI is InChI=1S/C39H41F3N2O2/c1-2-3-5-14-37(45)36(30-10-6-4-7-11-30)28-43-23-25-44(26-24-43)33-21-15-29(16-22-33)27-38(46)35-13-9-8-12-34(35)31-17-19-32(20-18-31)39(40,41)42/h4,6-13,15-22,36H,2-3,5,14,23-28H2,1H3. The van der Waals surface area contributed by atoms with Crippen LogP contribution in [-0.4, -0.2) is 49.2 Å². The maximum Gasteiger partial charge on any atom is 0.416 e. The summed E-state index contributed by atoms with van der Waals surface area (Å²) in [6.07, 6.45) is -0.467. The topological polar surface area (TPSA) is 40.6 Å². The van der Waals surface area contributed by atoms with E-state index in [-0.39, 0.29) is 18.1 Å². The van der Waals surface area contributed by atoms with E-state index >= 15 is 0 Å². The molecule has 7 heteroatoms. The molecule has 1 fully saturated rings. The molecule has 1 unspecified atom stereocenters. The minimum Gasteiger partial charge on any atom is -0.369 e. The Labute approximate surface area is 269 Å². The number of alkyl halides is 3. The molecule has 0 aromatic heterocycles. The van der Waals surface area contributed by atoms with Gasteiger partial charge < -0.3 is 4.90 Å². The molecule has 0 aliphatic carbocycles. The zero-order chi connectivity index (χ0) is 32.5. The van der Waals surface area contributed by atoms with Gasteiger partial charge in [0.25, 0.3) is 0 Å². The van der Waals surface area contributed by atoms with E-state index in [9.17, 15) is 22.8 Å². The number of carbonyl (C=O) groups excluding carboxylic acids is 2. The maximum absolute atomic E-state index is 13.3. The lowest BCUT2D eigenvalue weighted by atomic mass is 9.91. The van der Waals surface area contributed by atoms with Gasteiger partial charge in [-0.2, -0.15) is 13.2 Å². The fraction of sp³-hybridized carbons (Fsp3) is 0.333. The monoisotopic (exact) mass is 626 g/mol. The molecule has 0 amide bonds. The second-order valence-electron chi connectivity index (χ2n) is 12.1. The Balaban J connectivity index is 1.18. The first-order chi connectivity index (χ1) is 22.2. The van der Waals surface area contributed by atoms with Crippen molar-refractivity contribution in [3.05, 3.63) is 125 Å². The molecular weight excluding hydrogens is 585 g/mol. The van der Waals surface area contributed by atoms with E-state index in [1.807, 2.05) is 42.5 Å². The van der Waals surface area contributed by atoms with Crippen molar-refractivity contribution in [2.45, 2.75) is 51.1 Å². The number of rotatable bonds is 13. The van der Waals surface area contributed by atoms with Crippen LogP contribution in [0.4, 0.5) is 18.9 Å². The average molecular weight is 627 g/mol. The number of ketones is 2. The first-order valence-corrected chi connectivity index (χ1v) is 16.2. The fourth-order valence-corrected chi connectivity index (χ4v) is 6.17. The summed E-state index contributed by atoms with van der Waals surface area (Å²) < 4.78 is 39.1. The van der Waals surface area contributed by atoms with Crippen molar-refractivity contribution >= 4 is 17.3 Å². The zero-order valence-electron chi connectivity index (χ0n) is 26.3. The van der Waals surface area contributed by atoms with Gasteiger partial charge in [-0.3, -0.25) is 14.5 Å². The van der Waals surface area contributed by atoms with Gasteiger partial charge in [-0.1, -0.05) is 98.6 Å². The van der Waals surface area contributed by atoms with Crippen molar-refractivity contribution in [1.82, 2.24) is 4.90 Å². The highest BCUT2D eigenvalue weighted by Crippen LogP contribution is 2.32. The summed E-state index contributed by atoms with van der Waals surface area (Å²) >= 11 is 0. The minimum absolute atomic E-state index is 0.0888. The summed E-state index contributed by atoms with van der Waals surface area (Å²) in [5.41, 5.74) is 4.03. The molecule has 0 radical (unpaired) electrons. The summed E-state index contributed by atoms with van der Waals surface area (Å²) in [5, 5.41) is 0. The van der Waals surface area contributed by atoms with Crippen LogP contribution in [0.5, 0.6) is 0 Å². The molecule has 4 nitrogen and oxygen atoms in total. The minimum atomic E-state index is -4.41. The Morgan fingerprint density at radius 3 is 2.07 bits per heavy atom. The number of carbonyl (C=O) groups is 2. The Kier molecular flexibility index (Phi) is 11.1. The second-order valence-corrected chi connectivity index (χ2v) is 12.1. The summed E-state index contributed by atoms with van der Waals surface area (Å²) in [7, 11) is 0. The molecule has 1 atom stereocenters. The molecule has 1 aliphatic heterocycles. The van der Waals surface area contributed by atoms with Crippen LogP contribution in [0.3, 0.4) is 0 Å². The van der Waals surface area contributed by atoms with Crippen molar-refractivity contribution in [1.29, 1.82) is 0 Å². The summed E-state index contributed by atoms with van der Waals surface area (Å²) in [4.78, 5) is 31.3. The SMILES string of the molecule is CCCCCC(=O)C(CN1CCN(c2ccc(CC(=O)c3ccccc3-c3ccc(C(F)(F)F)cc3)cc2)CC1)c1ccccc1. The molecule has 0 bridgehead atoms. The maximum atomic E-state index is 13.3. The first-order valence-electron chi connectivity index (χ1n) is 16.2. The van der Waals surface area contributed by atoms with Crippen molar-refractivity contribution < 1.29 is 22.8 Å². The number of halogens is 3. The normalized spacial score (nSPS) is 14.7. The van der Waals surface area contributed by atoms with Crippen molar-refractivity contribution in [3.8, 4) is 11.1 Å². The van der Waals surface area contributed by atoms with E-state index in [2.05, 4.69) is 28.9 Å². The molecule has 1 heterocycles. The Hall–Kier alpha value is -4.23. The summed E-state index contributed by atoms with van der Waals surface area (Å²) in [6, 6.07) is 30.1. The third-order valence-electron chi connectivity index (χ3n) is 8.85. The summed E-state index contributed by atoms with van der Waals surface area (Å²) in [5.74, 6) is 0.133. The van der Waals surface area contributed by atoms with Crippen LogP contribution < -0.4 is 4.90 Å². The quantitative estimate of drug-likeness (QED) is 0.110. The molecule has 46 heavy (non-hydrogen) atoms. The molecule has 5 rings (SSSR count). The van der Waals surface area contributed by atoms with Gasteiger partial charge in [0.2, 0.25) is 0 Å². The van der Waals surface area contributed by atoms with Crippen molar-refractivity contribution in [3.63, 3.8) is 0 Å². The van der Waals surface area contributed by atoms with E-state index in [1.165, 1.54) is 12.1 Å². The smallest absolute Gasteiger partial charge is 0.369 e. The molecule has 1 aliphatic rings. The third kappa shape index (κ3) is 8.52. The second kappa shape index (κ2) is 15.4. The Morgan fingerprint density at radius 1 is 0.761 bits per heavy atom. The largest absolute Gasteiger partial charge is 0.416 e. The molecule has 4 aromatic carbocycles. The van der Waals surface area contributed by atoms with Crippen LogP contribution in [-0.2, 0) is 17.4 Å². The number of piperazine rings is 1. The predicted molar refractivity (Wildman–Crippen MR) is 178 cm³/mol. The number of anilines is 1. The molecule has 0 saturated carbocycles. The van der Waals surface area contributed by atoms with Crippen LogP contribution in [0, 0.1) is 0 Å². The number of hydrogen-bond acceptors (Lipinski definition) is 4. The van der Waals surface area contributed by atoms with Crippen molar-refractivity contribution in [2.24, 2.45) is 0 Å². The molecule has 1 saturated heterocycles. The van der Waals surface area contributed by atoms with Gasteiger partial charge in [-0.15, -0.1) is 0 Å². The number of unbranched alkanes of at least 4 members (excludes halogenated alkanes) is 2. The van der Waals surface area contributed by atoms with Gasteiger partial charge >= 0.3 is 6.18 Å². The summed E-state index contributed by atoms with van der Waals surface area (Å²) in [6.45, 7) is 6.33. The number of nitrogens with zero attached hydrogens (tertiary/aromatic N) is 2. The predicted octanol–water partition coefficient (Wildman–Crippen LogP) is 8.85. The van der Waals surface area contributed by atoms with Crippen LogP contribution in [0.15, 0.2) is 103 Å². The van der Waals surface area contributed by atoms with Gasteiger partial charge in [-0.05, 0) is 52.9 Å². The van der Waals surface area contributed by atoms with Gasteiger partial charge in [0, 0.05) is 56.8 Å². The van der Waals surface area contributed by atoms with E-state index in [4.69, 9.17) is 0 Å². The Bertz CT molecular complexity index is 1580. The zero-order valence-corrected chi connectivity index (χ0v) is 26.3. The van der Waals surface area contributed by atoms with Crippen LogP contribution in [0.25, 0.3) is 11.1 Å². The lowest BCUT2D eigenvalue weighted by molar-refractivity contribution is -0.137. The van der Waals surface area contributed by atoms with Gasteiger partial charge in [0.05, 0.1) is 11.5 Å². The lowest BCUT2D eigenvalue weighted by Crippen LogP contribution is -2.48. The highest BCUT2D eigenvalue weighted by Gasteiger charge is 2.30. The van der Waals surface area contributed by atoms with Crippen molar-refractivity contribution in [2.75, 3.05) is 37.6 Å². The van der Waals surface area contributed by atoms with Gasteiger partial charge in [0.15, 0.2) is 5.78 Å². The van der Waals surface area contributed by atoms with E-state index < -0.39 is 11.7 Å². The molecule has 0 spiro atoms. The average Bonchev–Trinajstić information content (AvgIpc) is 3.08. The molecule has 240 valence electrons. The van der Waals surface area contributed by atoms with E-state index in [0.717, 1.165) is 80.9 Å². The number of Topliss-reactive ketones (excluding diaryl/α,β-unsaturated/α-hetero) is 2. The highest BCUT2D eigenvalue weighted by atomic mass is 19.4. The number of benzene rings is 4. The van der Waals surface area contributed by atoms with Crippen LogP contribution in [0.1, 0.15) is 65.6 Å². The van der Waals surface area contributed by atoms with E-state index in [1.54, 1.807) is 24.3 Å². The highest BCUT2D eigenvalue weighted by molar-refractivity contribution is 6.03. The molecule has 4 aromatic rings. The molecule has 0 N–H and O–H groups in total. The Morgan fingerprint density at radius 2 is 1.41 bits per heavy atom. The van der Waals surface area contributed by atoms with E-state index in [0.29, 0.717) is 28.9 Å². The lowest BCUT2D eigenvalue weighted by Gasteiger charge is -2.37. The first kappa shape index (κ1) is 33.1. The third-order valence-corrected chi connectivity index (χ3v) is 8.85. The van der Waals surface area contributed by atoms with Crippen LogP contribution >= 0.6 is 0 Å².